The third-order valence-corrected chi connectivity index (χ3v) is 11.8. The van der Waals surface area contributed by atoms with Crippen LogP contribution in [0.15, 0.2) is 12.7 Å². The summed E-state index contributed by atoms with van der Waals surface area (Å²) >= 11 is 0.756. The Morgan fingerprint density at radius 3 is 2.37 bits per heavy atom. The lowest BCUT2D eigenvalue weighted by atomic mass is 9.87. The number of carbonyl (C=O) groups excluding carboxylic acids is 4. The van der Waals surface area contributed by atoms with Crippen molar-refractivity contribution < 1.29 is 85.3 Å². The molecule has 2 aromatic heterocycles. The molecular formula is C27H45N8O18P3S. The van der Waals surface area contributed by atoms with Gasteiger partial charge in [-0.3, -0.25) is 37.3 Å². The number of ether oxygens (including phenoxy) is 1. The third kappa shape index (κ3) is 15.1. The molecule has 2 aromatic rings. The molecule has 7 atom stereocenters. The predicted octanol–water partition coefficient (Wildman–Crippen LogP) is -1.64. The minimum atomic E-state index is -5.59. The average molecular weight is 895 g/mol. The number of anilines is 1. The van der Waals surface area contributed by atoms with E-state index in [1.54, 1.807) is 0 Å². The minimum absolute atomic E-state index is 0.0219. The van der Waals surface area contributed by atoms with Gasteiger partial charge in [0.15, 0.2) is 17.7 Å². The number of phosphoric acid groups is 3. The maximum atomic E-state index is 12.7. The van der Waals surface area contributed by atoms with E-state index in [9.17, 15) is 62.7 Å². The van der Waals surface area contributed by atoms with Crippen molar-refractivity contribution in [1.29, 1.82) is 0 Å². The molecule has 26 nitrogen and oxygen atoms in total. The smallest absolute Gasteiger partial charge is 0.386 e. The van der Waals surface area contributed by atoms with Gasteiger partial charge in [0.05, 0.1) is 19.5 Å². The number of nitrogens with one attached hydrogen (secondary N) is 2. The number of aliphatic hydroxyl groups excluding tert-OH is 2. The van der Waals surface area contributed by atoms with Crippen LogP contribution >= 0.6 is 35.2 Å². The van der Waals surface area contributed by atoms with Crippen LogP contribution in [0, 0.1) is 5.41 Å². The highest BCUT2D eigenvalue weighted by Gasteiger charge is 2.50. The molecule has 30 heteroatoms. The lowest BCUT2D eigenvalue weighted by Crippen LogP contribution is -2.46. The molecule has 0 radical (unpaired) electrons. The van der Waals surface area contributed by atoms with Gasteiger partial charge >= 0.3 is 23.5 Å². The number of fused-ring (bicyclic) bond motifs is 1. The number of hydrogen-bond donors (Lipinski definition) is 10. The Hall–Kier alpha value is -2.81. The number of rotatable bonds is 24. The summed E-state index contributed by atoms with van der Waals surface area (Å²) in [6.45, 7) is 0.617. The summed E-state index contributed by atoms with van der Waals surface area (Å²) in [5.41, 5.74) is 9.56. The van der Waals surface area contributed by atoms with Gasteiger partial charge in [-0.1, -0.05) is 25.6 Å². The SMILES string of the molecule is CC(C)(COP(=O)(O)OP(=O)(O)OC[C@H]1O[C@@H](n2cnc3c(N)ncnc32)[C@H](O)[C@@H]1OP(=O)(O)O)[C@@H](O)C(=O)NCCC(=O)NCCSC(=O)C(=O)CCCCN. The molecule has 3 heterocycles. The highest BCUT2D eigenvalue weighted by atomic mass is 32.2. The number of nitrogens with zero attached hydrogens (tertiary/aromatic N) is 4. The van der Waals surface area contributed by atoms with Gasteiger partial charge in [-0.05, 0) is 19.4 Å². The number of nitrogen functional groups attached to an aromatic ring is 1. The number of carbonyl (C=O) groups is 4. The molecule has 12 N–H and O–H groups in total. The Bertz CT molecular complexity index is 1880. The molecule has 2 unspecified atom stereocenters. The van der Waals surface area contributed by atoms with Crippen molar-refractivity contribution in [3.05, 3.63) is 12.7 Å². The van der Waals surface area contributed by atoms with Gasteiger partial charge < -0.3 is 56.6 Å². The Balaban J connectivity index is 1.47. The Labute approximate surface area is 328 Å². The summed E-state index contributed by atoms with van der Waals surface area (Å²) < 4.78 is 62.0. The molecule has 0 aromatic carbocycles. The summed E-state index contributed by atoms with van der Waals surface area (Å²) in [5.74, 6) is -1.98. The van der Waals surface area contributed by atoms with Crippen LogP contribution in [-0.4, -0.2) is 135 Å². The number of nitrogens with two attached hydrogens (primary N) is 2. The van der Waals surface area contributed by atoms with Gasteiger partial charge in [0.1, 0.15) is 36.3 Å². The summed E-state index contributed by atoms with van der Waals surface area (Å²) in [6.07, 6.45) is -5.86. The zero-order chi connectivity index (χ0) is 42.8. The second kappa shape index (κ2) is 20.9. The molecule has 3 rings (SSSR count). The van der Waals surface area contributed by atoms with E-state index in [2.05, 4.69) is 34.4 Å². The van der Waals surface area contributed by atoms with Crippen LogP contribution in [0.25, 0.3) is 11.2 Å². The fourth-order valence-electron chi connectivity index (χ4n) is 4.89. The van der Waals surface area contributed by atoms with E-state index in [0.717, 1.165) is 29.0 Å². The topological polar surface area (TPSA) is 407 Å². The Morgan fingerprint density at radius 1 is 1.02 bits per heavy atom. The van der Waals surface area contributed by atoms with E-state index in [-0.39, 0.29) is 48.7 Å². The summed E-state index contributed by atoms with van der Waals surface area (Å²) in [6, 6.07) is 0. The number of aliphatic hydroxyl groups is 2. The number of unbranched alkanes of at least 4 members (excludes halogenated alkanes) is 1. The first-order valence-corrected chi connectivity index (χ1v) is 22.3. The van der Waals surface area contributed by atoms with E-state index >= 15 is 0 Å². The molecule has 57 heavy (non-hydrogen) atoms. The van der Waals surface area contributed by atoms with Crippen LogP contribution in [0.4, 0.5) is 5.82 Å². The molecule has 0 aliphatic carbocycles. The van der Waals surface area contributed by atoms with Crippen molar-refractivity contribution in [3.63, 3.8) is 0 Å². The number of thioether (sulfide) groups is 1. The van der Waals surface area contributed by atoms with Gasteiger partial charge in [0.2, 0.25) is 17.6 Å². The zero-order valence-corrected chi connectivity index (χ0v) is 33.9. The van der Waals surface area contributed by atoms with Crippen LogP contribution in [0.5, 0.6) is 0 Å². The van der Waals surface area contributed by atoms with Crippen molar-refractivity contribution in [3.8, 4) is 0 Å². The molecule has 1 saturated heterocycles. The lowest BCUT2D eigenvalue weighted by Gasteiger charge is -2.30. The molecule has 1 aliphatic rings. The predicted molar refractivity (Wildman–Crippen MR) is 195 cm³/mol. The summed E-state index contributed by atoms with van der Waals surface area (Å²) in [5, 5.41) is 25.6. The fraction of sp³-hybridized carbons (Fsp3) is 0.667. The Morgan fingerprint density at radius 2 is 1.70 bits per heavy atom. The van der Waals surface area contributed by atoms with Crippen LogP contribution in [0.3, 0.4) is 0 Å². The number of Topliss-reactive ketones (excluding diaryl/α,β-unsaturated/α-hetero) is 1. The van der Waals surface area contributed by atoms with Gasteiger partial charge in [0, 0.05) is 37.1 Å². The van der Waals surface area contributed by atoms with E-state index in [1.807, 2.05) is 0 Å². The average Bonchev–Trinajstić information content (AvgIpc) is 3.68. The lowest BCUT2D eigenvalue weighted by molar-refractivity contribution is -0.137. The van der Waals surface area contributed by atoms with Gasteiger partial charge in [0.25, 0.3) is 5.12 Å². The van der Waals surface area contributed by atoms with Crippen LogP contribution < -0.4 is 22.1 Å². The highest BCUT2D eigenvalue weighted by Crippen LogP contribution is 2.61. The molecular weight excluding hydrogens is 849 g/mol. The van der Waals surface area contributed by atoms with E-state index in [0.29, 0.717) is 19.4 Å². The number of amides is 2. The second-order valence-corrected chi connectivity index (χ2v) is 18.2. The molecule has 0 saturated carbocycles. The van der Waals surface area contributed by atoms with Crippen molar-refractivity contribution in [2.24, 2.45) is 11.1 Å². The largest absolute Gasteiger partial charge is 0.481 e. The van der Waals surface area contributed by atoms with E-state index in [1.165, 1.54) is 13.8 Å². The number of phosphoric ester groups is 3. The maximum absolute atomic E-state index is 12.7. The first-order valence-electron chi connectivity index (χ1n) is 16.8. The normalized spacial score (nSPS) is 21.4. The van der Waals surface area contributed by atoms with Crippen molar-refractivity contribution in [1.82, 2.24) is 30.2 Å². The minimum Gasteiger partial charge on any atom is -0.386 e. The molecule has 322 valence electrons. The van der Waals surface area contributed by atoms with E-state index < -0.39 is 95.5 Å². The molecule has 0 spiro atoms. The molecule has 1 fully saturated rings. The molecule has 2 amide bonds. The van der Waals surface area contributed by atoms with E-state index in [4.69, 9.17) is 25.3 Å². The maximum Gasteiger partial charge on any atom is 0.481 e. The van der Waals surface area contributed by atoms with Crippen molar-refractivity contribution in [2.45, 2.75) is 70.2 Å². The number of imidazole rings is 1. The second-order valence-electron chi connectivity index (χ2n) is 12.9. The third-order valence-electron chi connectivity index (χ3n) is 7.82. The van der Waals surface area contributed by atoms with Crippen LogP contribution in [-0.2, 0) is 55.5 Å². The van der Waals surface area contributed by atoms with Gasteiger partial charge in [-0.2, -0.15) is 4.31 Å². The summed E-state index contributed by atoms with van der Waals surface area (Å²) in [7, 11) is -16.4. The standard InChI is InChI=1S/C27H45N8O18P3S/c1-27(2,21(39)24(40)31-8-6-17(37)30-9-10-57-26(41)15(36)5-3-4-7-28)12-50-56(47,48)53-55(45,46)49-11-16-20(52-54(42,43)44)19(38)25(51-16)35-14-34-18-22(29)32-13-33-23(18)35/h13-14,16,19-21,25,38-39H,3-12,28H2,1-2H3,(H,30,37)(H,31,40)(H,45,46)(H,47,48)(H2,29,32,33)(H2,42,43,44)/t16-,19-,20-,21+,25-/m1/s1. The van der Waals surface area contributed by atoms with Crippen molar-refractivity contribution in [2.75, 3.05) is 44.3 Å². The molecule has 1 aliphatic heterocycles. The number of aromatic nitrogens is 4. The number of hydrogen-bond acceptors (Lipinski definition) is 20. The summed E-state index contributed by atoms with van der Waals surface area (Å²) in [4.78, 5) is 99.1. The van der Waals surface area contributed by atoms with Gasteiger partial charge in [-0.25, -0.2) is 28.6 Å². The van der Waals surface area contributed by atoms with Gasteiger partial charge in [-0.15, -0.1) is 0 Å². The fourth-order valence-corrected chi connectivity index (χ4v) is 8.37. The first-order chi connectivity index (χ1) is 26.5. The Kier molecular flexibility index (Phi) is 17.8. The van der Waals surface area contributed by atoms with Crippen molar-refractivity contribution >= 4 is 74.9 Å². The molecule has 0 bridgehead atoms. The quantitative estimate of drug-likeness (QED) is 0.0321. The van der Waals surface area contributed by atoms with Crippen LogP contribution in [0.2, 0.25) is 0 Å². The monoisotopic (exact) mass is 894 g/mol. The first kappa shape index (κ1) is 48.6. The number of ketones is 1. The zero-order valence-electron chi connectivity index (χ0n) is 30.4. The van der Waals surface area contributed by atoms with Crippen LogP contribution in [0.1, 0.15) is 45.8 Å². The highest BCUT2D eigenvalue weighted by molar-refractivity contribution is 8.15.